The quantitative estimate of drug-likeness (QED) is 0.775. The summed E-state index contributed by atoms with van der Waals surface area (Å²) in [5.41, 5.74) is 1.19. The Kier molecular flexibility index (Phi) is 5.86. The summed E-state index contributed by atoms with van der Waals surface area (Å²) in [5, 5.41) is 4.41. The van der Waals surface area contributed by atoms with Gasteiger partial charge in [0.15, 0.2) is 0 Å². The summed E-state index contributed by atoms with van der Waals surface area (Å²) in [6, 6.07) is 8.38. The Balaban J connectivity index is 2.52. The van der Waals surface area contributed by atoms with Crippen LogP contribution in [0.15, 0.2) is 24.3 Å². The molecule has 1 N–H and O–H groups in total. The largest absolute Gasteiger partial charge is 0.310 e. The molecule has 1 aromatic rings. The maximum atomic E-state index is 6.16. The molecular formula is C14H22ClN. The lowest BCUT2D eigenvalue weighted by Gasteiger charge is -2.19. The maximum absolute atomic E-state index is 6.16. The van der Waals surface area contributed by atoms with Crippen molar-refractivity contribution in [2.24, 2.45) is 5.92 Å². The molecular weight excluding hydrogens is 218 g/mol. The van der Waals surface area contributed by atoms with Gasteiger partial charge in [0.25, 0.3) is 0 Å². The van der Waals surface area contributed by atoms with E-state index in [4.69, 9.17) is 11.6 Å². The lowest BCUT2D eigenvalue weighted by molar-refractivity contribution is 0.422. The van der Waals surface area contributed by atoms with Gasteiger partial charge in [-0.25, -0.2) is 0 Å². The molecule has 0 radical (unpaired) electrons. The maximum Gasteiger partial charge on any atom is 0.0453 e. The van der Waals surface area contributed by atoms with Crippen LogP contribution in [0.4, 0.5) is 0 Å². The van der Waals surface area contributed by atoms with Crippen LogP contribution < -0.4 is 5.32 Å². The first kappa shape index (κ1) is 13.5. The molecule has 0 aliphatic carbocycles. The highest BCUT2D eigenvalue weighted by Gasteiger charge is 2.10. The van der Waals surface area contributed by atoms with Crippen molar-refractivity contribution in [1.82, 2.24) is 5.32 Å². The molecule has 2 heteroatoms. The highest BCUT2D eigenvalue weighted by molar-refractivity contribution is 6.31. The Morgan fingerprint density at radius 3 is 2.38 bits per heavy atom. The summed E-state index contributed by atoms with van der Waals surface area (Å²) in [6.45, 7) is 7.73. The summed E-state index contributed by atoms with van der Waals surface area (Å²) in [5.74, 6) is 0.768. The monoisotopic (exact) mass is 239 g/mol. The van der Waals surface area contributed by atoms with Gasteiger partial charge in [-0.05, 0) is 31.0 Å². The van der Waals surface area contributed by atoms with Gasteiger partial charge in [-0.1, -0.05) is 56.5 Å². The minimum Gasteiger partial charge on any atom is -0.310 e. The lowest BCUT2D eigenvalue weighted by Crippen LogP contribution is -2.25. The third-order valence-corrected chi connectivity index (χ3v) is 3.58. The SMILES string of the molecule is CCC(CC)CNC(C)c1ccccc1Cl. The van der Waals surface area contributed by atoms with E-state index in [9.17, 15) is 0 Å². The van der Waals surface area contributed by atoms with Crippen LogP contribution in [0, 0.1) is 5.92 Å². The second-order valence-corrected chi connectivity index (χ2v) is 4.74. The van der Waals surface area contributed by atoms with Crippen molar-refractivity contribution >= 4 is 11.6 Å². The molecule has 1 rings (SSSR count). The molecule has 0 amide bonds. The van der Waals surface area contributed by atoms with E-state index in [2.05, 4.69) is 32.2 Å². The van der Waals surface area contributed by atoms with Crippen LogP contribution in [0.25, 0.3) is 0 Å². The molecule has 0 spiro atoms. The van der Waals surface area contributed by atoms with Crippen molar-refractivity contribution in [2.45, 2.75) is 39.7 Å². The van der Waals surface area contributed by atoms with Gasteiger partial charge in [-0.3, -0.25) is 0 Å². The summed E-state index contributed by atoms with van der Waals surface area (Å²) in [4.78, 5) is 0. The average Bonchev–Trinajstić information content (AvgIpc) is 2.30. The van der Waals surface area contributed by atoms with E-state index in [1.807, 2.05) is 18.2 Å². The van der Waals surface area contributed by atoms with Gasteiger partial charge >= 0.3 is 0 Å². The van der Waals surface area contributed by atoms with Crippen LogP contribution in [0.5, 0.6) is 0 Å². The van der Waals surface area contributed by atoms with Crippen molar-refractivity contribution in [1.29, 1.82) is 0 Å². The van der Waals surface area contributed by atoms with Crippen LogP contribution in [-0.2, 0) is 0 Å². The van der Waals surface area contributed by atoms with Crippen LogP contribution in [0.3, 0.4) is 0 Å². The average molecular weight is 240 g/mol. The number of halogens is 1. The Morgan fingerprint density at radius 1 is 1.19 bits per heavy atom. The van der Waals surface area contributed by atoms with Gasteiger partial charge < -0.3 is 5.32 Å². The first-order chi connectivity index (χ1) is 7.69. The van der Waals surface area contributed by atoms with E-state index in [0.29, 0.717) is 6.04 Å². The summed E-state index contributed by atoms with van der Waals surface area (Å²) in [7, 11) is 0. The van der Waals surface area contributed by atoms with Gasteiger partial charge in [-0.2, -0.15) is 0 Å². The van der Waals surface area contributed by atoms with E-state index in [1.54, 1.807) is 0 Å². The van der Waals surface area contributed by atoms with Gasteiger partial charge in [-0.15, -0.1) is 0 Å². The van der Waals surface area contributed by atoms with E-state index in [0.717, 1.165) is 17.5 Å². The second kappa shape index (κ2) is 6.93. The molecule has 0 aliphatic rings. The molecule has 0 aromatic heterocycles. The fourth-order valence-electron chi connectivity index (χ4n) is 1.86. The van der Waals surface area contributed by atoms with Crippen molar-refractivity contribution in [2.75, 3.05) is 6.54 Å². The van der Waals surface area contributed by atoms with Crippen molar-refractivity contribution in [3.8, 4) is 0 Å². The topological polar surface area (TPSA) is 12.0 Å². The standard InChI is InChI=1S/C14H22ClN/c1-4-12(5-2)10-16-11(3)13-8-6-7-9-14(13)15/h6-9,11-12,16H,4-5,10H2,1-3H3. The zero-order chi connectivity index (χ0) is 12.0. The number of nitrogens with one attached hydrogen (secondary N) is 1. The first-order valence-corrected chi connectivity index (χ1v) is 6.54. The number of hydrogen-bond acceptors (Lipinski definition) is 1. The Morgan fingerprint density at radius 2 is 1.81 bits per heavy atom. The predicted molar refractivity (Wildman–Crippen MR) is 71.9 cm³/mol. The fourth-order valence-corrected chi connectivity index (χ4v) is 2.16. The number of benzene rings is 1. The van der Waals surface area contributed by atoms with Crippen molar-refractivity contribution in [3.05, 3.63) is 34.9 Å². The second-order valence-electron chi connectivity index (χ2n) is 4.33. The predicted octanol–water partition coefficient (Wildman–Crippen LogP) is 4.43. The number of hydrogen-bond donors (Lipinski definition) is 1. The van der Waals surface area contributed by atoms with Crippen LogP contribution in [0.2, 0.25) is 5.02 Å². The summed E-state index contributed by atoms with van der Waals surface area (Å²) >= 11 is 6.16. The lowest BCUT2D eigenvalue weighted by atomic mass is 10.0. The Labute approximate surface area is 104 Å². The molecule has 0 saturated carbocycles. The Hall–Kier alpha value is -0.530. The Bertz CT molecular complexity index is 307. The highest BCUT2D eigenvalue weighted by Crippen LogP contribution is 2.22. The van der Waals surface area contributed by atoms with E-state index < -0.39 is 0 Å². The van der Waals surface area contributed by atoms with Crippen LogP contribution in [0.1, 0.15) is 45.2 Å². The van der Waals surface area contributed by atoms with E-state index in [-0.39, 0.29) is 0 Å². The highest BCUT2D eigenvalue weighted by atomic mass is 35.5. The summed E-state index contributed by atoms with van der Waals surface area (Å²) < 4.78 is 0. The summed E-state index contributed by atoms with van der Waals surface area (Å²) in [6.07, 6.45) is 2.47. The van der Waals surface area contributed by atoms with Crippen molar-refractivity contribution in [3.63, 3.8) is 0 Å². The van der Waals surface area contributed by atoms with Crippen LogP contribution >= 0.6 is 11.6 Å². The minimum absolute atomic E-state index is 0.328. The minimum atomic E-state index is 0.328. The fraction of sp³-hybridized carbons (Fsp3) is 0.571. The normalized spacial score (nSPS) is 13.1. The zero-order valence-electron chi connectivity index (χ0n) is 10.5. The van der Waals surface area contributed by atoms with Gasteiger partial charge in [0.2, 0.25) is 0 Å². The molecule has 0 heterocycles. The molecule has 0 saturated heterocycles. The molecule has 0 aliphatic heterocycles. The molecule has 1 aromatic carbocycles. The van der Waals surface area contributed by atoms with E-state index in [1.165, 1.54) is 18.4 Å². The molecule has 1 nitrogen and oxygen atoms in total. The van der Waals surface area contributed by atoms with Gasteiger partial charge in [0, 0.05) is 11.1 Å². The smallest absolute Gasteiger partial charge is 0.0453 e. The molecule has 1 atom stereocenters. The molecule has 90 valence electrons. The molecule has 0 bridgehead atoms. The van der Waals surface area contributed by atoms with Crippen LogP contribution in [-0.4, -0.2) is 6.54 Å². The first-order valence-electron chi connectivity index (χ1n) is 6.16. The molecule has 16 heavy (non-hydrogen) atoms. The van der Waals surface area contributed by atoms with E-state index >= 15 is 0 Å². The zero-order valence-corrected chi connectivity index (χ0v) is 11.2. The van der Waals surface area contributed by atoms with Gasteiger partial charge in [0.1, 0.15) is 0 Å². The number of rotatable bonds is 6. The third kappa shape index (κ3) is 3.80. The van der Waals surface area contributed by atoms with Gasteiger partial charge in [0.05, 0.1) is 0 Å². The molecule has 0 fully saturated rings. The molecule has 1 unspecified atom stereocenters. The third-order valence-electron chi connectivity index (χ3n) is 3.24. The van der Waals surface area contributed by atoms with Crippen molar-refractivity contribution < 1.29 is 0 Å².